The minimum atomic E-state index is -0.497. The van der Waals surface area contributed by atoms with E-state index in [2.05, 4.69) is 5.32 Å². The van der Waals surface area contributed by atoms with Gasteiger partial charge < -0.3 is 10.1 Å². The van der Waals surface area contributed by atoms with E-state index in [0.717, 1.165) is 22.2 Å². The van der Waals surface area contributed by atoms with Crippen LogP contribution in [0.1, 0.15) is 40.2 Å². The average molecular weight is 294 g/mol. The normalized spacial score (nSPS) is 9.80. The average Bonchev–Trinajstić information content (AvgIpc) is 2.38. The zero-order valence-electron chi connectivity index (χ0n) is 12.7. The third-order valence-corrected chi connectivity index (χ3v) is 2.48. The second kappa shape index (κ2) is 9.27. The number of nitrogens with zero attached hydrogens (tertiary/aromatic N) is 1. The molecule has 0 aliphatic rings. The maximum absolute atomic E-state index is 11.5. The molecule has 0 aromatic heterocycles. The topological polar surface area (TPSA) is 62.1 Å². The van der Waals surface area contributed by atoms with Crippen LogP contribution in [0, 0.1) is 10.7 Å². The number of benzene rings is 1. The van der Waals surface area contributed by atoms with Crippen molar-refractivity contribution in [3.63, 3.8) is 0 Å². The van der Waals surface area contributed by atoms with E-state index in [9.17, 15) is 4.79 Å². The summed E-state index contributed by atoms with van der Waals surface area (Å²) in [4.78, 5) is 12.3. The molecule has 0 radical (unpaired) electrons. The fourth-order valence-electron chi connectivity index (χ4n) is 1.26. The van der Waals surface area contributed by atoms with Crippen molar-refractivity contribution in [2.75, 3.05) is 0 Å². The second-order valence-corrected chi connectivity index (χ2v) is 5.55. The Bertz CT molecular complexity index is 462. The molecular formula is C15H22N2O2S. The van der Waals surface area contributed by atoms with Crippen LogP contribution in [-0.2, 0) is 11.3 Å². The molecule has 4 nitrogen and oxygen atoms in total. The lowest BCUT2D eigenvalue weighted by atomic mass is 10.2. The molecule has 0 unspecified atom stereocenters. The number of alkyl carbamates (subject to hydrolysis) is 1. The van der Waals surface area contributed by atoms with Gasteiger partial charge in [-0.2, -0.15) is 5.26 Å². The molecule has 1 amide bonds. The van der Waals surface area contributed by atoms with Gasteiger partial charge in [0.25, 0.3) is 0 Å². The number of thioether (sulfide) groups is 1. The molecule has 0 saturated carbocycles. The molecule has 5 heteroatoms. The minimum Gasteiger partial charge on any atom is -0.444 e. The third kappa shape index (κ3) is 8.44. The van der Waals surface area contributed by atoms with Gasteiger partial charge in [0.1, 0.15) is 11.0 Å². The van der Waals surface area contributed by atoms with E-state index in [1.165, 1.54) is 0 Å². The van der Waals surface area contributed by atoms with Crippen LogP contribution < -0.4 is 5.32 Å². The molecule has 0 aliphatic heterocycles. The lowest BCUT2D eigenvalue weighted by Gasteiger charge is -2.19. The summed E-state index contributed by atoms with van der Waals surface area (Å²) in [6.45, 7) is 9.83. The summed E-state index contributed by atoms with van der Waals surface area (Å²) >= 11 is 1.10. The van der Waals surface area contributed by atoms with Gasteiger partial charge in [0.2, 0.25) is 0 Å². The number of carbonyl (C=O) groups excluding carboxylic acids is 1. The summed E-state index contributed by atoms with van der Waals surface area (Å²) < 4.78 is 5.13. The fraction of sp³-hybridized carbons (Fsp3) is 0.467. The minimum absolute atomic E-state index is 0.384. The highest BCUT2D eigenvalue weighted by atomic mass is 32.2. The van der Waals surface area contributed by atoms with Crippen molar-refractivity contribution in [1.82, 2.24) is 5.32 Å². The van der Waals surface area contributed by atoms with E-state index in [4.69, 9.17) is 10.00 Å². The number of thiocyanates is 1. The van der Waals surface area contributed by atoms with Crippen LogP contribution in [-0.4, -0.2) is 11.7 Å². The van der Waals surface area contributed by atoms with Crippen LogP contribution in [0.3, 0.4) is 0 Å². The Morgan fingerprint density at radius 3 is 2.60 bits per heavy atom. The van der Waals surface area contributed by atoms with Crippen molar-refractivity contribution >= 4 is 17.9 Å². The van der Waals surface area contributed by atoms with Crippen molar-refractivity contribution < 1.29 is 9.53 Å². The Kier molecular flexibility index (Phi) is 8.49. The van der Waals surface area contributed by atoms with Crippen LogP contribution in [0.25, 0.3) is 0 Å². The standard InChI is InChI=1S/C13H16N2O2S.C2H6/c1-13(2,3)17-12(16)15-8-10-5-4-6-11(7-10)18-9-14;1-2/h4-7H,8H2,1-3H3,(H,15,16);1-2H3. The maximum atomic E-state index is 11.5. The number of nitriles is 1. The number of hydrogen-bond donors (Lipinski definition) is 1. The molecule has 110 valence electrons. The van der Waals surface area contributed by atoms with Crippen LogP contribution in [0.5, 0.6) is 0 Å². The first-order valence-electron chi connectivity index (χ1n) is 6.52. The van der Waals surface area contributed by atoms with Crippen molar-refractivity contribution in [1.29, 1.82) is 5.26 Å². The molecule has 1 rings (SSSR count). The number of hydrogen-bond acceptors (Lipinski definition) is 4. The van der Waals surface area contributed by atoms with Crippen molar-refractivity contribution in [3.8, 4) is 5.40 Å². The Hall–Kier alpha value is -1.67. The summed E-state index contributed by atoms with van der Waals surface area (Å²) in [7, 11) is 0. The van der Waals surface area contributed by atoms with Crippen LogP contribution >= 0.6 is 11.8 Å². The van der Waals surface area contributed by atoms with Gasteiger partial charge in [-0.3, -0.25) is 0 Å². The van der Waals surface area contributed by atoms with Gasteiger partial charge in [-0.05, 0) is 50.2 Å². The maximum Gasteiger partial charge on any atom is 0.407 e. The first-order valence-corrected chi connectivity index (χ1v) is 7.34. The molecule has 0 fully saturated rings. The Morgan fingerprint density at radius 2 is 2.05 bits per heavy atom. The number of amides is 1. The lowest BCUT2D eigenvalue weighted by molar-refractivity contribution is 0.0523. The fourth-order valence-corrected chi connectivity index (χ4v) is 1.72. The van der Waals surface area contributed by atoms with Crippen molar-refractivity contribution in [3.05, 3.63) is 29.8 Å². The van der Waals surface area contributed by atoms with Gasteiger partial charge in [0.15, 0.2) is 0 Å². The number of ether oxygens (including phenoxy) is 1. The summed E-state index contributed by atoms with van der Waals surface area (Å²) in [5, 5.41) is 13.3. The Morgan fingerprint density at radius 1 is 1.40 bits per heavy atom. The summed E-state index contributed by atoms with van der Waals surface area (Å²) in [6, 6.07) is 7.46. The third-order valence-electron chi connectivity index (χ3n) is 1.90. The highest BCUT2D eigenvalue weighted by molar-refractivity contribution is 8.03. The summed E-state index contributed by atoms with van der Waals surface area (Å²) in [5.74, 6) is 0. The van der Waals surface area contributed by atoms with E-state index in [1.54, 1.807) is 0 Å². The summed E-state index contributed by atoms with van der Waals surface area (Å²) in [6.07, 6.45) is -0.444. The molecule has 20 heavy (non-hydrogen) atoms. The number of nitrogens with one attached hydrogen (secondary N) is 1. The summed E-state index contributed by atoms with van der Waals surface area (Å²) in [5.41, 5.74) is 0.434. The van der Waals surface area contributed by atoms with Crippen LogP contribution in [0.15, 0.2) is 29.2 Å². The van der Waals surface area contributed by atoms with Gasteiger partial charge >= 0.3 is 6.09 Å². The molecule has 0 saturated heterocycles. The predicted molar refractivity (Wildman–Crippen MR) is 82.3 cm³/mol. The van der Waals surface area contributed by atoms with Gasteiger partial charge in [0, 0.05) is 11.4 Å². The van der Waals surface area contributed by atoms with Crippen LogP contribution in [0.4, 0.5) is 4.79 Å². The molecular weight excluding hydrogens is 272 g/mol. The van der Waals surface area contributed by atoms with Crippen molar-refractivity contribution in [2.24, 2.45) is 0 Å². The van der Waals surface area contributed by atoms with Crippen molar-refractivity contribution in [2.45, 2.75) is 51.7 Å². The molecule has 0 aliphatic carbocycles. The zero-order valence-corrected chi connectivity index (χ0v) is 13.5. The molecule has 0 spiro atoms. The highest BCUT2D eigenvalue weighted by Gasteiger charge is 2.15. The van der Waals surface area contributed by atoms with E-state index < -0.39 is 11.7 Å². The van der Waals surface area contributed by atoms with E-state index in [0.29, 0.717) is 6.54 Å². The van der Waals surface area contributed by atoms with E-state index >= 15 is 0 Å². The van der Waals surface area contributed by atoms with Gasteiger partial charge in [0.05, 0.1) is 0 Å². The molecule has 0 heterocycles. The number of carbonyl (C=O) groups is 1. The SMILES string of the molecule is CC.CC(C)(C)OC(=O)NCc1cccc(SC#N)c1. The van der Waals surface area contributed by atoms with Crippen LogP contribution in [0.2, 0.25) is 0 Å². The predicted octanol–water partition coefficient (Wildman–Crippen LogP) is 4.31. The Balaban J connectivity index is 0.00000172. The van der Waals surface area contributed by atoms with E-state index in [1.807, 2.05) is 64.3 Å². The smallest absolute Gasteiger partial charge is 0.407 e. The Labute approximate surface area is 125 Å². The molecule has 1 aromatic carbocycles. The second-order valence-electron chi connectivity index (χ2n) is 4.70. The lowest BCUT2D eigenvalue weighted by Crippen LogP contribution is -2.32. The quantitative estimate of drug-likeness (QED) is 0.666. The molecule has 0 atom stereocenters. The molecule has 0 bridgehead atoms. The van der Waals surface area contributed by atoms with Gasteiger partial charge in [-0.15, -0.1) is 0 Å². The number of rotatable bonds is 3. The van der Waals surface area contributed by atoms with Gasteiger partial charge in [-0.25, -0.2) is 4.79 Å². The monoisotopic (exact) mass is 294 g/mol. The zero-order chi connectivity index (χ0) is 15.6. The largest absolute Gasteiger partial charge is 0.444 e. The highest BCUT2D eigenvalue weighted by Crippen LogP contribution is 2.17. The van der Waals surface area contributed by atoms with E-state index in [-0.39, 0.29) is 0 Å². The first kappa shape index (κ1) is 18.3. The molecule has 1 N–H and O–H groups in total. The van der Waals surface area contributed by atoms with Gasteiger partial charge in [-0.1, -0.05) is 26.0 Å². The first-order chi connectivity index (χ1) is 9.40. The molecule has 1 aromatic rings.